The highest BCUT2D eigenvalue weighted by Gasteiger charge is 2.09. The van der Waals surface area contributed by atoms with E-state index in [1.54, 1.807) is 13.0 Å². The van der Waals surface area contributed by atoms with E-state index in [-0.39, 0.29) is 5.91 Å². The molecule has 3 heteroatoms. The minimum atomic E-state index is -0.480. The summed E-state index contributed by atoms with van der Waals surface area (Å²) in [6.07, 6.45) is 2.81. The van der Waals surface area contributed by atoms with Gasteiger partial charge in [0.05, 0.1) is 6.04 Å². The molecule has 0 aliphatic carbocycles. The van der Waals surface area contributed by atoms with Gasteiger partial charge >= 0.3 is 0 Å². The van der Waals surface area contributed by atoms with Crippen molar-refractivity contribution in [3.8, 4) is 11.8 Å². The fourth-order valence-corrected chi connectivity index (χ4v) is 0.791. The molecule has 72 valence electrons. The molecule has 0 fully saturated rings. The molecule has 0 aromatic carbocycles. The SMILES string of the molecule is C=CCC(N)C(=O)NCCC#CC. The van der Waals surface area contributed by atoms with Crippen molar-refractivity contribution in [1.82, 2.24) is 5.32 Å². The lowest BCUT2D eigenvalue weighted by Crippen LogP contribution is -2.40. The zero-order valence-corrected chi connectivity index (χ0v) is 7.97. The van der Waals surface area contributed by atoms with Gasteiger partial charge in [-0.1, -0.05) is 6.08 Å². The summed E-state index contributed by atoms with van der Waals surface area (Å²) in [5.41, 5.74) is 5.52. The first kappa shape index (κ1) is 11.7. The lowest BCUT2D eigenvalue weighted by molar-refractivity contribution is -0.122. The average molecular weight is 180 g/mol. The molecule has 0 heterocycles. The summed E-state index contributed by atoms with van der Waals surface area (Å²) >= 11 is 0. The van der Waals surface area contributed by atoms with Gasteiger partial charge in [0.15, 0.2) is 0 Å². The number of hydrogen-bond acceptors (Lipinski definition) is 2. The average Bonchev–Trinajstić information content (AvgIpc) is 2.12. The van der Waals surface area contributed by atoms with Gasteiger partial charge in [-0.25, -0.2) is 0 Å². The van der Waals surface area contributed by atoms with Crippen LogP contribution in [0, 0.1) is 11.8 Å². The number of nitrogens with two attached hydrogens (primary N) is 1. The molecule has 1 amide bonds. The van der Waals surface area contributed by atoms with Crippen molar-refractivity contribution >= 4 is 5.91 Å². The number of carbonyl (C=O) groups excluding carboxylic acids is 1. The monoisotopic (exact) mass is 180 g/mol. The maximum absolute atomic E-state index is 11.2. The second-order valence-electron chi connectivity index (χ2n) is 2.60. The van der Waals surface area contributed by atoms with Crippen LogP contribution in [0.3, 0.4) is 0 Å². The normalized spacial score (nSPS) is 10.9. The van der Waals surface area contributed by atoms with E-state index in [1.165, 1.54) is 0 Å². The van der Waals surface area contributed by atoms with Crippen molar-refractivity contribution in [3.63, 3.8) is 0 Å². The Bertz CT molecular complexity index is 225. The maximum Gasteiger partial charge on any atom is 0.237 e. The van der Waals surface area contributed by atoms with Crippen LogP contribution in [0.15, 0.2) is 12.7 Å². The van der Waals surface area contributed by atoms with Crippen molar-refractivity contribution in [3.05, 3.63) is 12.7 Å². The van der Waals surface area contributed by atoms with Crippen LogP contribution in [-0.2, 0) is 4.79 Å². The molecule has 0 rings (SSSR count). The lowest BCUT2D eigenvalue weighted by Gasteiger charge is -2.08. The molecule has 0 aromatic rings. The quantitative estimate of drug-likeness (QED) is 0.366. The molecule has 0 saturated carbocycles. The van der Waals surface area contributed by atoms with E-state index in [1.807, 2.05) is 0 Å². The Morgan fingerprint density at radius 3 is 3.00 bits per heavy atom. The zero-order valence-electron chi connectivity index (χ0n) is 7.97. The van der Waals surface area contributed by atoms with Gasteiger partial charge in [0, 0.05) is 13.0 Å². The Morgan fingerprint density at radius 2 is 2.46 bits per heavy atom. The second-order valence-corrected chi connectivity index (χ2v) is 2.60. The van der Waals surface area contributed by atoms with E-state index >= 15 is 0 Å². The molecular formula is C10H16N2O. The zero-order chi connectivity index (χ0) is 10.1. The van der Waals surface area contributed by atoms with Gasteiger partial charge in [-0.3, -0.25) is 4.79 Å². The Kier molecular flexibility index (Phi) is 6.66. The third-order valence-corrected chi connectivity index (χ3v) is 1.48. The van der Waals surface area contributed by atoms with Gasteiger partial charge < -0.3 is 11.1 Å². The topological polar surface area (TPSA) is 55.1 Å². The molecule has 0 spiro atoms. The molecule has 1 unspecified atom stereocenters. The van der Waals surface area contributed by atoms with Crippen LogP contribution >= 0.6 is 0 Å². The lowest BCUT2D eigenvalue weighted by atomic mass is 10.2. The van der Waals surface area contributed by atoms with E-state index < -0.39 is 6.04 Å². The van der Waals surface area contributed by atoms with E-state index in [0.29, 0.717) is 19.4 Å². The van der Waals surface area contributed by atoms with Crippen LogP contribution in [-0.4, -0.2) is 18.5 Å². The van der Waals surface area contributed by atoms with Gasteiger partial charge in [-0.2, -0.15) is 0 Å². The molecule has 0 saturated heterocycles. The second kappa shape index (κ2) is 7.38. The molecule has 13 heavy (non-hydrogen) atoms. The molecule has 1 atom stereocenters. The Labute approximate surface area is 79.4 Å². The third kappa shape index (κ3) is 5.94. The van der Waals surface area contributed by atoms with E-state index in [0.717, 1.165) is 0 Å². The number of rotatable bonds is 5. The summed E-state index contributed by atoms with van der Waals surface area (Å²) in [5, 5.41) is 2.69. The minimum Gasteiger partial charge on any atom is -0.354 e. The van der Waals surface area contributed by atoms with Gasteiger partial charge in [0.2, 0.25) is 5.91 Å². The fraction of sp³-hybridized carbons (Fsp3) is 0.500. The molecule has 0 bridgehead atoms. The van der Waals surface area contributed by atoms with Crippen LogP contribution in [0.4, 0.5) is 0 Å². The molecular weight excluding hydrogens is 164 g/mol. The van der Waals surface area contributed by atoms with Gasteiger partial charge in [0.25, 0.3) is 0 Å². The maximum atomic E-state index is 11.2. The first-order valence-corrected chi connectivity index (χ1v) is 4.26. The van der Waals surface area contributed by atoms with E-state index in [4.69, 9.17) is 5.73 Å². The van der Waals surface area contributed by atoms with Crippen molar-refractivity contribution in [2.45, 2.75) is 25.8 Å². The number of carbonyl (C=O) groups is 1. The predicted molar refractivity (Wildman–Crippen MR) is 53.9 cm³/mol. The van der Waals surface area contributed by atoms with E-state index in [2.05, 4.69) is 23.7 Å². The van der Waals surface area contributed by atoms with Crippen molar-refractivity contribution in [2.24, 2.45) is 5.73 Å². The minimum absolute atomic E-state index is 0.141. The van der Waals surface area contributed by atoms with Crippen LogP contribution in [0.5, 0.6) is 0 Å². The first-order chi connectivity index (χ1) is 6.22. The molecule has 0 aliphatic heterocycles. The predicted octanol–water partition coefficient (Wildman–Crippen LogP) is 0.419. The smallest absolute Gasteiger partial charge is 0.237 e. The summed E-state index contributed by atoms with van der Waals surface area (Å²) in [5.74, 6) is 5.46. The van der Waals surface area contributed by atoms with Crippen LogP contribution in [0.1, 0.15) is 19.8 Å². The number of hydrogen-bond donors (Lipinski definition) is 2. The van der Waals surface area contributed by atoms with E-state index in [9.17, 15) is 4.79 Å². The standard InChI is InChI=1S/C10H16N2O/c1-3-5-6-8-12-10(13)9(11)7-4-2/h4,9H,2,6-8,11H2,1H3,(H,12,13). The summed E-state index contributed by atoms with van der Waals surface area (Å²) in [6, 6.07) is -0.480. The van der Waals surface area contributed by atoms with Gasteiger partial charge in [-0.15, -0.1) is 18.4 Å². The Morgan fingerprint density at radius 1 is 1.77 bits per heavy atom. The fourth-order valence-electron chi connectivity index (χ4n) is 0.791. The van der Waals surface area contributed by atoms with Crippen molar-refractivity contribution in [1.29, 1.82) is 0 Å². The highest BCUT2D eigenvalue weighted by Crippen LogP contribution is 1.88. The Hall–Kier alpha value is -1.27. The molecule has 3 nitrogen and oxygen atoms in total. The van der Waals surface area contributed by atoms with Crippen LogP contribution in [0.25, 0.3) is 0 Å². The summed E-state index contributed by atoms with van der Waals surface area (Å²) in [7, 11) is 0. The van der Waals surface area contributed by atoms with Crippen molar-refractivity contribution in [2.75, 3.05) is 6.54 Å². The molecule has 0 aliphatic rings. The molecule has 3 N–H and O–H groups in total. The Balaban J connectivity index is 3.59. The van der Waals surface area contributed by atoms with Crippen LogP contribution in [0.2, 0.25) is 0 Å². The largest absolute Gasteiger partial charge is 0.354 e. The highest BCUT2D eigenvalue weighted by atomic mass is 16.2. The molecule has 0 radical (unpaired) electrons. The molecule has 0 aromatic heterocycles. The number of amides is 1. The van der Waals surface area contributed by atoms with Crippen LogP contribution < -0.4 is 11.1 Å². The van der Waals surface area contributed by atoms with Gasteiger partial charge in [-0.05, 0) is 13.3 Å². The third-order valence-electron chi connectivity index (χ3n) is 1.48. The summed E-state index contributed by atoms with van der Waals surface area (Å²) in [4.78, 5) is 11.2. The van der Waals surface area contributed by atoms with Gasteiger partial charge in [0.1, 0.15) is 0 Å². The highest BCUT2D eigenvalue weighted by molar-refractivity contribution is 5.81. The summed E-state index contributed by atoms with van der Waals surface area (Å²) < 4.78 is 0. The first-order valence-electron chi connectivity index (χ1n) is 4.26. The summed E-state index contributed by atoms with van der Waals surface area (Å²) in [6.45, 7) is 5.84. The van der Waals surface area contributed by atoms with Crippen molar-refractivity contribution < 1.29 is 4.79 Å². The number of nitrogens with one attached hydrogen (secondary N) is 1.